The topological polar surface area (TPSA) is 120 Å². The second kappa shape index (κ2) is 8.80. The fraction of sp³-hybridized carbons (Fsp3) is 0.0400. The number of amides is 1. The number of nitrogens with one attached hydrogen (secondary N) is 1. The fourth-order valence-electron chi connectivity index (χ4n) is 3.51. The molecule has 0 aliphatic rings. The highest BCUT2D eigenvalue weighted by Crippen LogP contribution is 2.32. The number of hydrogen-bond donors (Lipinski definition) is 2. The number of aromatic nitrogens is 5. The predicted octanol–water partition coefficient (Wildman–Crippen LogP) is 3.66. The van der Waals surface area contributed by atoms with Gasteiger partial charge in [-0.15, -0.1) is 0 Å². The number of carbonyl (C=O) groups is 1. The van der Waals surface area contributed by atoms with E-state index in [-0.39, 0.29) is 18.1 Å². The van der Waals surface area contributed by atoms with Crippen LogP contribution in [0.15, 0.2) is 85.5 Å². The molecule has 2 aromatic carbocycles. The van der Waals surface area contributed by atoms with E-state index in [1.54, 1.807) is 24.8 Å². The average molecular weight is 433 g/mol. The number of hydrogen-bond acceptors (Lipinski definition) is 7. The summed E-state index contributed by atoms with van der Waals surface area (Å²) in [6, 6.07) is 19.3. The van der Waals surface area contributed by atoms with Gasteiger partial charge in [0.05, 0.1) is 35.3 Å². The van der Waals surface area contributed by atoms with Gasteiger partial charge in [-0.05, 0) is 18.2 Å². The highest BCUT2D eigenvalue weighted by atomic mass is 16.1. The second-order valence-corrected chi connectivity index (χ2v) is 7.31. The number of benzene rings is 2. The Bertz CT molecular complexity index is 1440. The third kappa shape index (κ3) is 4.22. The lowest BCUT2D eigenvalue weighted by atomic mass is 10.0. The third-order valence-corrected chi connectivity index (χ3v) is 5.11. The summed E-state index contributed by atoms with van der Waals surface area (Å²) in [5.74, 6) is -0.384. The molecule has 8 nitrogen and oxygen atoms in total. The number of fused-ring (bicyclic) bond motifs is 1. The fourth-order valence-corrected chi connectivity index (χ4v) is 3.51. The maximum Gasteiger partial charge on any atom is 0.274 e. The number of pyridine rings is 1. The van der Waals surface area contributed by atoms with Gasteiger partial charge in [0.25, 0.3) is 5.91 Å². The zero-order valence-corrected chi connectivity index (χ0v) is 17.5. The third-order valence-electron chi connectivity index (χ3n) is 5.11. The molecule has 3 N–H and O–H groups in total. The maximum atomic E-state index is 12.9. The van der Waals surface area contributed by atoms with E-state index in [9.17, 15) is 4.79 Å². The standard InChI is InChI=1S/C25H19N7O/c26-24-23(25(33)30-15-19-14-27-11-12-28-19)31-22(21(32-24)16-5-2-1-3-6-16)18-8-9-20-17(13-18)7-4-10-29-20/h1-14H,15H2,(H2,26,32)(H,30,33). The molecule has 3 heterocycles. The minimum atomic E-state index is -0.436. The number of nitrogens with zero attached hydrogens (tertiary/aromatic N) is 5. The van der Waals surface area contributed by atoms with E-state index < -0.39 is 5.91 Å². The zero-order valence-electron chi connectivity index (χ0n) is 17.5. The van der Waals surface area contributed by atoms with Gasteiger partial charge >= 0.3 is 0 Å². The quantitative estimate of drug-likeness (QED) is 0.434. The van der Waals surface area contributed by atoms with E-state index in [4.69, 9.17) is 5.73 Å². The molecule has 0 radical (unpaired) electrons. The molecule has 0 aliphatic heterocycles. The lowest BCUT2D eigenvalue weighted by Gasteiger charge is -2.13. The van der Waals surface area contributed by atoms with E-state index in [2.05, 4.69) is 30.2 Å². The van der Waals surface area contributed by atoms with Gasteiger partial charge in [0, 0.05) is 35.1 Å². The summed E-state index contributed by atoms with van der Waals surface area (Å²) in [6.07, 6.45) is 6.47. The van der Waals surface area contributed by atoms with Gasteiger partial charge in [-0.1, -0.05) is 42.5 Å². The number of nitrogen functional groups attached to an aromatic ring is 1. The summed E-state index contributed by atoms with van der Waals surface area (Å²) in [7, 11) is 0. The normalized spacial score (nSPS) is 10.8. The van der Waals surface area contributed by atoms with Crippen molar-refractivity contribution in [2.24, 2.45) is 0 Å². The molecule has 0 saturated heterocycles. The van der Waals surface area contributed by atoms with E-state index >= 15 is 0 Å². The molecule has 0 atom stereocenters. The van der Waals surface area contributed by atoms with Crippen molar-refractivity contribution in [3.8, 4) is 22.5 Å². The summed E-state index contributed by atoms with van der Waals surface area (Å²) in [6.45, 7) is 0.200. The van der Waals surface area contributed by atoms with Crippen LogP contribution >= 0.6 is 0 Å². The smallest absolute Gasteiger partial charge is 0.274 e. The molecule has 1 amide bonds. The molecule has 0 saturated carbocycles. The number of nitrogens with two attached hydrogens (primary N) is 1. The van der Waals surface area contributed by atoms with Crippen molar-refractivity contribution < 1.29 is 4.79 Å². The number of anilines is 1. The summed E-state index contributed by atoms with van der Waals surface area (Å²) in [5.41, 5.74) is 10.6. The van der Waals surface area contributed by atoms with Gasteiger partial charge in [-0.3, -0.25) is 19.7 Å². The minimum Gasteiger partial charge on any atom is -0.382 e. The van der Waals surface area contributed by atoms with Crippen LogP contribution in [0.1, 0.15) is 16.2 Å². The van der Waals surface area contributed by atoms with Gasteiger partial charge < -0.3 is 11.1 Å². The Kier molecular flexibility index (Phi) is 5.38. The zero-order chi connectivity index (χ0) is 22.6. The van der Waals surface area contributed by atoms with E-state index in [1.165, 1.54) is 0 Å². The molecular formula is C25H19N7O. The molecule has 0 spiro atoms. The summed E-state index contributed by atoms with van der Waals surface area (Å²) in [4.78, 5) is 34.7. The van der Waals surface area contributed by atoms with Crippen molar-refractivity contribution in [2.45, 2.75) is 6.54 Å². The molecule has 33 heavy (non-hydrogen) atoms. The molecule has 0 fully saturated rings. The van der Waals surface area contributed by atoms with Crippen LogP contribution in [-0.4, -0.2) is 30.8 Å². The van der Waals surface area contributed by atoms with E-state index in [0.29, 0.717) is 17.1 Å². The highest BCUT2D eigenvalue weighted by Gasteiger charge is 2.20. The van der Waals surface area contributed by atoms with Crippen molar-refractivity contribution in [2.75, 3.05) is 5.73 Å². The number of carbonyl (C=O) groups excluding carboxylic acids is 1. The summed E-state index contributed by atoms with van der Waals surface area (Å²) < 4.78 is 0. The highest BCUT2D eigenvalue weighted by molar-refractivity contribution is 5.98. The van der Waals surface area contributed by atoms with Crippen LogP contribution in [0.3, 0.4) is 0 Å². The SMILES string of the molecule is Nc1nc(-c2ccccc2)c(-c2ccc3ncccc3c2)nc1C(=O)NCc1cnccn1. The van der Waals surface area contributed by atoms with E-state index in [0.717, 1.165) is 22.0 Å². The van der Waals surface area contributed by atoms with Crippen molar-refractivity contribution in [1.29, 1.82) is 0 Å². The Morgan fingerprint density at radius 2 is 1.70 bits per heavy atom. The Hall–Kier alpha value is -4.72. The Balaban J connectivity index is 1.59. The van der Waals surface area contributed by atoms with Gasteiger partial charge in [-0.25, -0.2) is 9.97 Å². The monoisotopic (exact) mass is 433 g/mol. The van der Waals surface area contributed by atoms with Crippen molar-refractivity contribution in [3.05, 3.63) is 96.8 Å². The van der Waals surface area contributed by atoms with Crippen molar-refractivity contribution in [1.82, 2.24) is 30.2 Å². The molecule has 3 aromatic heterocycles. The first-order valence-electron chi connectivity index (χ1n) is 10.3. The Morgan fingerprint density at radius 3 is 2.52 bits per heavy atom. The van der Waals surface area contributed by atoms with Crippen LogP contribution < -0.4 is 11.1 Å². The number of rotatable bonds is 5. The van der Waals surface area contributed by atoms with Gasteiger partial charge in [0.1, 0.15) is 0 Å². The van der Waals surface area contributed by atoms with Crippen LogP contribution in [0.25, 0.3) is 33.4 Å². The molecule has 8 heteroatoms. The van der Waals surface area contributed by atoms with Crippen molar-refractivity contribution in [3.63, 3.8) is 0 Å². The molecule has 5 aromatic rings. The molecule has 0 unspecified atom stereocenters. The van der Waals surface area contributed by atoms with Gasteiger partial charge in [0.2, 0.25) is 0 Å². The first kappa shape index (κ1) is 20.2. The Morgan fingerprint density at radius 1 is 0.848 bits per heavy atom. The van der Waals surface area contributed by atoms with Crippen LogP contribution in [0, 0.1) is 0 Å². The second-order valence-electron chi connectivity index (χ2n) is 7.31. The molecule has 160 valence electrons. The summed E-state index contributed by atoms with van der Waals surface area (Å²) in [5, 5.41) is 3.75. The molecular weight excluding hydrogens is 414 g/mol. The first-order chi connectivity index (χ1) is 16.2. The predicted molar refractivity (Wildman–Crippen MR) is 126 cm³/mol. The minimum absolute atomic E-state index is 0.0525. The lowest BCUT2D eigenvalue weighted by molar-refractivity contribution is 0.0946. The van der Waals surface area contributed by atoms with E-state index in [1.807, 2.05) is 60.7 Å². The maximum absolute atomic E-state index is 12.9. The molecule has 0 aliphatic carbocycles. The molecule has 5 rings (SSSR count). The van der Waals surface area contributed by atoms with Crippen LogP contribution in [-0.2, 0) is 6.54 Å². The first-order valence-corrected chi connectivity index (χ1v) is 10.3. The van der Waals surface area contributed by atoms with Crippen LogP contribution in [0.2, 0.25) is 0 Å². The average Bonchev–Trinajstić information content (AvgIpc) is 2.88. The van der Waals surface area contributed by atoms with Crippen LogP contribution in [0.4, 0.5) is 5.82 Å². The van der Waals surface area contributed by atoms with Gasteiger partial charge in [-0.2, -0.15) is 0 Å². The largest absolute Gasteiger partial charge is 0.382 e. The van der Waals surface area contributed by atoms with Gasteiger partial charge in [0.15, 0.2) is 11.5 Å². The molecule has 0 bridgehead atoms. The Labute approximate surface area is 189 Å². The van der Waals surface area contributed by atoms with Crippen molar-refractivity contribution >= 4 is 22.6 Å². The lowest BCUT2D eigenvalue weighted by Crippen LogP contribution is -2.26. The summed E-state index contributed by atoms with van der Waals surface area (Å²) >= 11 is 0. The van der Waals surface area contributed by atoms with Crippen LogP contribution in [0.5, 0.6) is 0 Å².